The van der Waals surface area contributed by atoms with Crippen molar-refractivity contribution in [2.75, 3.05) is 35.2 Å². The Bertz CT molecular complexity index is 540. The molecule has 0 atom stereocenters. The fourth-order valence-electron chi connectivity index (χ4n) is 2.52. The quantitative estimate of drug-likeness (QED) is 0.837. The van der Waals surface area contributed by atoms with Crippen LogP contribution in [0.3, 0.4) is 0 Å². The highest BCUT2D eigenvalue weighted by Gasteiger charge is 2.17. The molecule has 5 heteroatoms. The number of nitrogens with zero attached hydrogens (tertiary/aromatic N) is 1. The normalized spacial score (nSPS) is 15.3. The van der Waals surface area contributed by atoms with Crippen LogP contribution in [-0.2, 0) is 16.3 Å². The topological polar surface area (TPSA) is 63.4 Å². The van der Waals surface area contributed by atoms with E-state index in [1.165, 1.54) is 11.3 Å². The smallest absolute Gasteiger partial charge is 0.150 e. The highest BCUT2D eigenvalue weighted by Crippen LogP contribution is 2.29. The van der Waals surface area contributed by atoms with Crippen molar-refractivity contribution in [1.82, 2.24) is 0 Å². The van der Waals surface area contributed by atoms with Crippen molar-refractivity contribution in [2.24, 2.45) is 0 Å². The molecule has 1 aliphatic rings. The van der Waals surface area contributed by atoms with Gasteiger partial charge in [0.2, 0.25) is 0 Å². The number of nitrogens with two attached hydrogens (primary N) is 1. The Balaban J connectivity index is 2.02. The van der Waals surface area contributed by atoms with Crippen molar-refractivity contribution >= 4 is 21.2 Å². The summed E-state index contributed by atoms with van der Waals surface area (Å²) in [5, 5.41) is 0. The first-order chi connectivity index (χ1) is 9.02. The molecule has 0 saturated carbocycles. The molecule has 1 aliphatic heterocycles. The summed E-state index contributed by atoms with van der Waals surface area (Å²) in [5.74, 6) is 0.508. The molecule has 0 saturated heterocycles. The number of hydrogen-bond acceptors (Lipinski definition) is 4. The van der Waals surface area contributed by atoms with Crippen LogP contribution in [0.4, 0.5) is 11.4 Å². The van der Waals surface area contributed by atoms with Gasteiger partial charge in [0, 0.05) is 30.2 Å². The zero-order valence-corrected chi connectivity index (χ0v) is 12.2. The third-order valence-electron chi connectivity index (χ3n) is 3.65. The molecule has 0 bridgehead atoms. The van der Waals surface area contributed by atoms with Gasteiger partial charge in [0.15, 0.2) is 0 Å². The predicted octanol–water partition coefficient (Wildman–Crippen LogP) is 1.85. The van der Waals surface area contributed by atoms with E-state index in [0.29, 0.717) is 6.42 Å². The van der Waals surface area contributed by atoms with Crippen LogP contribution < -0.4 is 10.6 Å². The molecular formula is C14H22N2O2S. The molecule has 1 aromatic rings. The van der Waals surface area contributed by atoms with E-state index in [9.17, 15) is 8.42 Å². The van der Waals surface area contributed by atoms with Gasteiger partial charge in [-0.05, 0) is 37.0 Å². The third kappa shape index (κ3) is 3.62. The van der Waals surface area contributed by atoms with E-state index in [2.05, 4.69) is 11.0 Å². The molecular weight excluding hydrogens is 260 g/mol. The first-order valence-corrected chi connectivity index (χ1v) is 8.68. The van der Waals surface area contributed by atoms with Gasteiger partial charge in [-0.2, -0.15) is 0 Å². The van der Waals surface area contributed by atoms with Gasteiger partial charge < -0.3 is 10.6 Å². The number of aryl methyl sites for hydroxylation is 1. The fourth-order valence-corrected chi connectivity index (χ4v) is 3.38. The minimum Gasteiger partial charge on any atom is -0.399 e. The van der Waals surface area contributed by atoms with Gasteiger partial charge in [0.05, 0.1) is 5.75 Å². The van der Waals surface area contributed by atoms with Crippen molar-refractivity contribution in [2.45, 2.75) is 26.2 Å². The van der Waals surface area contributed by atoms with Gasteiger partial charge in [-0.3, -0.25) is 0 Å². The standard InChI is InChI=1S/C14H22N2O2S/c1-2-19(17,18)10-4-9-16-8-3-5-12-6-7-13(15)11-14(12)16/h6-7,11H,2-5,8-10,15H2,1H3. The molecule has 0 unspecified atom stereocenters. The Morgan fingerprint density at radius 2 is 2.16 bits per heavy atom. The molecule has 0 aromatic heterocycles. The van der Waals surface area contributed by atoms with Gasteiger partial charge in [0.1, 0.15) is 9.84 Å². The second kappa shape index (κ2) is 5.82. The van der Waals surface area contributed by atoms with Crippen LogP contribution in [0.15, 0.2) is 18.2 Å². The van der Waals surface area contributed by atoms with Crippen LogP contribution in [0.1, 0.15) is 25.3 Å². The number of nitrogen functional groups attached to an aromatic ring is 1. The van der Waals surface area contributed by atoms with Gasteiger partial charge in [-0.15, -0.1) is 0 Å². The first-order valence-electron chi connectivity index (χ1n) is 6.85. The molecule has 0 aliphatic carbocycles. The molecule has 4 nitrogen and oxygen atoms in total. The summed E-state index contributed by atoms with van der Waals surface area (Å²) in [5.41, 5.74) is 9.11. The SMILES string of the molecule is CCS(=O)(=O)CCCN1CCCc2ccc(N)cc21. The van der Waals surface area contributed by atoms with Crippen molar-refractivity contribution in [3.05, 3.63) is 23.8 Å². The van der Waals surface area contributed by atoms with Crippen LogP contribution in [0, 0.1) is 0 Å². The van der Waals surface area contributed by atoms with Gasteiger partial charge in [-0.25, -0.2) is 8.42 Å². The van der Waals surface area contributed by atoms with E-state index in [1.54, 1.807) is 6.92 Å². The highest BCUT2D eigenvalue weighted by molar-refractivity contribution is 7.91. The molecule has 2 rings (SSSR count). The third-order valence-corrected chi connectivity index (χ3v) is 5.44. The van der Waals surface area contributed by atoms with Gasteiger partial charge in [-0.1, -0.05) is 13.0 Å². The number of rotatable bonds is 5. The minimum atomic E-state index is -2.86. The second-order valence-electron chi connectivity index (χ2n) is 5.07. The first kappa shape index (κ1) is 14.2. The summed E-state index contributed by atoms with van der Waals surface area (Å²) in [7, 11) is -2.86. The van der Waals surface area contributed by atoms with Gasteiger partial charge in [0.25, 0.3) is 0 Å². The molecule has 0 fully saturated rings. The maximum absolute atomic E-state index is 11.5. The van der Waals surface area contributed by atoms with Crippen LogP contribution in [-0.4, -0.2) is 33.0 Å². The van der Waals surface area contributed by atoms with Crippen molar-refractivity contribution in [1.29, 1.82) is 0 Å². The number of sulfone groups is 1. The lowest BCUT2D eigenvalue weighted by atomic mass is 10.0. The molecule has 1 aromatic carbocycles. The van der Waals surface area contributed by atoms with E-state index < -0.39 is 9.84 Å². The number of benzene rings is 1. The monoisotopic (exact) mass is 282 g/mol. The van der Waals surface area contributed by atoms with E-state index >= 15 is 0 Å². The van der Waals surface area contributed by atoms with Crippen LogP contribution in [0.5, 0.6) is 0 Å². The summed E-state index contributed by atoms with van der Waals surface area (Å²) in [6.07, 6.45) is 2.89. The largest absolute Gasteiger partial charge is 0.399 e. The summed E-state index contributed by atoms with van der Waals surface area (Å²) in [6.45, 7) is 3.48. The molecule has 1 heterocycles. The van der Waals surface area contributed by atoms with Gasteiger partial charge >= 0.3 is 0 Å². The Labute approximate surface area is 115 Å². The fraction of sp³-hybridized carbons (Fsp3) is 0.571. The molecule has 2 N–H and O–H groups in total. The number of hydrogen-bond donors (Lipinski definition) is 1. The summed E-state index contributed by atoms with van der Waals surface area (Å²) < 4.78 is 23.0. The Kier molecular flexibility index (Phi) is 4.34. The molecule has 19 heavy (non-hydrogen) atoms. The maximum atomic E-state index is 11.5. The lowest BCUT2D eigenvalue weighted by Gasteiger charge is -2.31. The summed E-state index contributed by atoms with van der Waals surface area (Å²) >= 11 is 0. The zero-order chi connectivity index (χ0) is 13.9. The highest BCUT2D eigenvalue weighted by atomic mass is 32.2. The minimum absolute atomic E-state index is 0.233. The van der Waals surface area contributed by atoms with Crippen LogP contribution in [0.2, 0.25) is 0 Å². The summed E-state index contributed by atoms with van der Waals surface area (Å²) in [6, 6.07) is 6.02. The zero-order valence-electron chi connectivity index (χ0n) is 11.4. The Morgan fingerprint density at radius 3 is 2.89 bits per heavy atom. The van der Waals surface area contributed by atoms with Crippen molar-refractivity contribution in [3.8, 4) is 0 Å². The molecule has 0 radical (unpaired) electrons. The van der Waals surface area contributed by atoms with E-state index in [-0.39, 0.29) is 11.5 Å². The second-order valence-corrected chi connectivity index (χ2v) is 7.54. The van der Waals surface area contributed by atoms with Crippen molar-refractivity contribution < 1.29 is 8.42 Å². The van der Waals surface area contributed by atoms with Crippen molar-refractivity contribution in [3.63, 3.8) is 0 Å². The Morgan fingerprint density at radius 1 is 1.37 bits per heavy atom. The lowest BCUT2D eigenvalue weighted by Crippen LogP contribution is -2.31. The maximum Gasteiger partial charge on any atom is 0.150 e. The van der Waals surface area contributed by atoms with Crippen LogP contribution in [0.25, 0.3) is 0 Å². The molecule has 106 valence electrons. The lowest BCUT2D eigenvalue weighted by molar-refractivity contribution is 0.592. The Hall–Kier alpha value is -1.23. The average molecular weight is 282 g/mol. The summed E-state index contributed by atoms with van der Waals surface area (Å²) in [4.78, 5) is 2.26. The molecule has 0 amide bonds. The predicted molar refractivity (Wildman–Crippen MR) is 80.3 cm³/mol. The molecule has 0 spiro atoms. The van der Waals surface area contributed by atoms with E-state index in [1.807, 2.05) is 12.1 Å². The number of anilines is 2. The van der Waals surface area contributed by atoms with E-state index in [0.717, 1.165) is 31.6 Å². The van der Waals surface area contributed by atoms with Crippen LogP contribution >= 0.6 is 0 Å². The average Bonchev–Trinajstić information content (AvgIpc) is 2.39. The number of fused-ring (bicyclic) bond motifs is 1. The van der Waals surface area contributed by atoms with E-state index in [4.69, 9.17) is 5.73 Å².